The number of likely N-dealkylation sites (tertiary alicyclic amines) is 1. The molecule has 0 aliphatic carbocycles. The molecule has 2 aromatic rings. The van der Waals surface area contributed by atoms with Crippen molar-refractivity contribution < 1.29 is 19.7 Å². The molecule has 4 N–H and O–H groups in total. The zero-order chi connectivity index (χ0) is 22.7. The van der Waals surface area contributed by atoms with Gasteiger partial charge >= 0.3 is 0 Å². The van der Waals surface area contributed by atoms with Crippen LogP contribution in [0.25, 0.3) is 0 Å². The number of aromatic hydroxyl groups is 1. The van der Waals surface area contributed by atoms with E-state index in [0.29, 0.717) is 30.3 Å². The molecule has 172 valence electrons. The van der Waals surface area contributed by atoms with Gasteiger partial charge in [-0.2, -0.15) is 8.75 Å². The van der Waals surface area contributed by atoms with Gasteiger partial charge in [0.15, 0.2) is 17.4 Å². The number of piperidine rings is 1. The Balaban J connectivity index is 1.49. The average molecular weight is 460 g/mol. The lowest BCUT2D eigenvalue weighted by Gasteiger charge is -2.30. The molecule has 0 radical (unpaired) electrons. The largest absolute Gasteiger partial charge is 0.505 e. The number of hydrogen-bond donors (Lipinski definition) is 4. The number of anilines is 3. The predicted octanol–water partition coefficient (Wildman–Crippen LogP) is 3.47. The summed E-state index contributed by atoms with van der Waals surface area (Å²) in [7, 11) is 0. The molecule has 2 aliphatic rings. The molecule has 1 fully saturated rings. The third-order valence-corrected chi connectivity index (χ3v) is 6.41. The summed E-state index contributed by atoms with van der Waals surface area (Å²) in [6, 6.07) is 5.03. The van der Waals surface area contributed by atoms with Crippen molar-refractivity contribution in [2.24, 2.45) is 0 Å². The van der Waals surface area contributed by atoms with Crippen LogP contribution < -0.4 is 10.6 Å². The Kier molecular flexibility index (Phi) is 6.80. The normalized spacial score (nSPS) is 21.6. The first-order valence-electron chi connectivity index (χ1n) is 10.9. The summed E-state index contributed by atoms with van der Waals surface area (Å²) in [5.74, 6) is 1.53. The van der Waals surface area contributed by atoms with Crippen LogP contribution in [0.4, 0.5) is 17.3 Å². The number of para-hydroxylation sites is 1. The van der Waals surface area contributed by atoms with Crippen LogP contribution in [0, 0.1) is 0 Å². The molecule has 4 rings (SSSR count). The fourth-order valence-electron chi connectivity index (χ4n) is 4.12. The van der Waals surface area contributed by atoms with Crippen molar-refractivity contribution in [3.05, 3.63) is 35.6 Å². The number of amides is 1. The summed E-state index contributed by atoms with van der Waals surface area (Å²) < 4.78 is 14.6. The van der Waals surface area contributed by atoms with Crippen LogP contribution in [0.15, 0.2) is 30.0 Å². The van der Waals surface area contributed by atoms with Crippen molar-refractivity contribution in [3.8, 4) is 5.75 Å². The highest BCUT2D eigenvalue weighted by atomic mass is 32.1. The minimum absolute atomic E-state index is 0.0313. The van der Waals surface area contributed by atoms with Gasteiger partial charge in [-0.25, -0.2) is 0 Å². The zero-order valence-electron chi connectivity index (χ0n) is 18.2. The summed E-state index contributed by atoms with van der Waals surface area (Å²) in [5.41, 5.74) is 0.556. The molecule has 9 nitrogen and oxygen atoms in total. The number of benzene rings is 1. The Morgan fingerprint density at radius 2 is 2.19 bits per heavy atom. The number of allylic oxidation sites excluding steroid dienone is 1. The van der Waals surface area contributed by atoms with Crippen LogP contribution in [0.1, 0.15) is 49.9 Å². The fraction of sp³-hybridized carbons (Fsp3) is 0.500. The standard InChI is InChI=1S/C22H29N5O4S/c1-3-16(18-10-9-13(2)31-18)23-20-21(26-32-25-20)24-17-8-4-7-15(19(17)29)22(30)27-11-5-6-14(28)12-27/h4,7-9,14,16,18,28-29H,3,5-6,10-12H2,1-2H3,(H,23,25)(H,24,26)/t14?,16-,18?/m1/s1. The first-order valence-corrected chi connectivity index (χ1v) is 11.7. The van der Waals surface area contributed by atoms with E-state index in [9.17, 15) is 15.0 Å². The summed E-state index contributed by atoms with van der Waals surface area (Å²) in [4.78, 5) is 14.5. The van der Waals surface area contributed by atoms with E-state index in [1.54, 1.807) is 23.1 Å². The smallest absolute Gasteiger partial charge is 0.257 e. The number of aromatic nitrogens is 2. The molecule has 1 saturated heterocycles. The molecule has 1 aromatic heterocycles. The molecule has 0 bridgehead atoms. The maximum absolute atomic E-state index is 12.9. The van der Waals surface area contributed by atoms with Gasteiger partial charge in [0.25, 0.3) is 5.91 Å². The number of ether oxygens (including phenoxy) is 1. The van der Waals surface area contributed by atoms with Crippen molar-refractivity contribution in [2.75, 3.05) is 23.7 Å². The molecule has 10 heteroatoms. The van der Waals surface area contributed by atoms with Gasteiger partial charge in [0, 0.05) is 19.5 Å². The average Bonchev–Trinajstić information content (AvgIpc) is 3.41. The molecular formula is C22H29N5O4S. The van der Waals surface area contributed by atoms with Gasteiger partial charge in [0.1, 0.15) is 6.10 Å². The Hall–Kier alpha value is -2.85. The van der Waals surface area contributed by atoms with E-state index in [4.69, 9.17) is 4.74 Å². The van der Waals surface area contributed by atoms with Gasteiger partial charge < -0.3 is 30.5 Å². The lowest BCUT2D eigenvalue weighted by atomic mass is 10.1. The number of carbonyl (C=O) groups excluding carboxylic acids is 1. The second-order valence-corrected chi connectivity index (χ2v) is 8.73. The zero-order valence-corrected chi connectivity index (χ0v) is 19.1. The molecule has 32 heavy (non-hydrogen) atoms. The minimum atomic E-state index is -0.528. The first-order chi connectivity index (χ1) is 15.5. The van der Waals surface area contributed by atoms with Gasteiger partial charge in [0.2, 0.25) is 0 Å². The topological polar surface area (TPSA) is 120 Å². The number of aliphatic hydroxyl groups is 1. The molecule has 0 spiro atoms. The van der Waals surface area contributed by atoms with Crippen molar-refractivity contribution in [3.63, 3.8) is 0 Å². The van der Waals surface area contributed by atoms with Gasteiger partial charge in [-0.3, -0.25) is 4.79 Å². The number of phenolic OH excluding ortho intramolecular Hbond substituents is 1. The summed E-state index contributed by atoms with van der Waals surface area (Å²) >= 11 is 1.06. The molecule has 3 atom stereocenters. The van der Waals surface area contributed by atoms with Crippen molar-refractivity contribution in [1.29, 1.82) is 0 Å². The summed E-state index contributed by atoms with van der Waals surface area (Å²) in [5, 5.41) is 27.2. The number of phenols is 1. The molecule has 2 unspecified atom stereocenters. The van der Waals surface area contributed by atoms with Gasteiger partial charge in [0.05, 0.1) is 40.9 Å². The Labute approximate surface area is 191 Å². The number of nitrogens with one attached hydrogen (secondary N) is 2. The van der Waals surface area contributed by atoms with E-state index in [0.717, 1.165) is 36.7 Å². The van der Waals surface area contributed by atoms with Gasteiger partial charge in [-0.15, -0.1) is 0 Å². The van der Waals surface area contributed by atoms with E-state index in [-0.39, 0.29) is 35.9 Å². The maximum atomic E-state index is 12.9. The number of hydrogen-bond acceptors (Lipinski definition) is 9. The lowest BCUT2D eigenvalue weighted by molar-refractivity contribution is 0.0471. The van der Waals surface area contributed by atoms with Crippen LogP contribution in [-0.2, 0) is 4.74 Å². The quantitative estimate of drug-likeness (QED) is 0.465. The van der Waals surface area contributed by atoms with E-state index < -0.39 is 6.10 Å². The molecule has 1 amide bonds. The highest BCUT2D eigenvalue weighted by Crippen LogP contribution is 2.34. The summed E-state index contributed by atoms with van der Waals surface area (Å²) in [6.45, 7) is 4.87. The van der Waals surface area contributed by atoms with E-state index in [1.807, 2.05) is 6.92 Å². The Bertz CT molecular complexity index is 994. The van der Waals surface area contributed by atoms with Crippen molar-refractivity contribution in [1.82, 2.24) is 13.6 Å². The highest BCUT2D eigenvalue weighted by molar-refractivity contribution is 6.99. The first kappa shape index (κ1) is 22.3. The lowest BCUT2D eigenvalue weighted by Crippen LogP contribution is -2.42. The van der Waals surface area contributed by atoms with Gasteiger partial charge in [-0.1, -0.05) is 13.0 Å². The van der Waals surface area contributed by atoms with Crippen LogP contribution in [0.5, 0.6) is 5.75 Å². The number of nitrogens with zero attached hydrogens (tertiary/aromatic N) is 3. The molecule has 0 saturated carbocycles. The minimum Gasteiger partial charge on any atom is -0.505 e. The van der Waals surface area contributed by atoms with Gasteiger partial charge in [-0.05, 0) is 44.4 Å². The molecule has 3 heterocycles. The maximum Gasteiger partial charge on any atom is 0.257 e. The number of carbonyl (C=O) groups is 1. The molecular weight excluding hydrogens is 430 g/mol. The number of aliphatic hydroxyl groups excluding tert-OH is 1. The Morgan fingerprint density at radius 3 is 2.91 bits per heavy atom. The SMILES string of the molecule is CC[C@@H](Nc1nsnc1Nc1cccc(C(=O)N2CCCC(O)C2)c1O)C1CC=C(C)O1. The van der Waals surface area contributed by atoms with Crippen molar-refractivity contribution >= 4 is 35.0 Å². The van der Waals surface area contributed by atoms with E-state index in [1.165, 1.54) is 0 Å². The van der Waals surface area contributed by atoms with Crippen LogP contribution in [0.3, 0.4) is 0 Å². The van der Waals surface area contributed by atoms with E-state index >= 15 is 0 Å². The Morgan fingerprint density at radius 1 is 1.38 bits per heavy atom. The van der Waals surface area contributed by atoms with Crippen LogP contribution in [-0.4, -0.2) is 61.1 Å². The van der Waals surface area contributed by atoms with Crippen LogP contribution >= 0.6 is 11.7 Å². The monoisotopic (exact) mass is 459 g/mol. The van der Waals surface area contributed by atoms with E-state index in [2.05, 4.69) is 32.4 Å². The second kappa shape index (κ2) is 9.74. The second-order valence-electron chi connectivity index (χ2n) is 8.20. The third kappa shape index (κ3) is 4.81. The molecule has 2 aliphatic heterocycles. The number of β-amino-alcohol motifs (C(OH)–C–C–N with tert-alkyl or cyclic N) is 1. The number of rotatable bonds is 7. The fourth-order valence-corrected chi connectivity index (χ4v) is 4.59. The van der Waals surface area contributed by atoms with Crippen molar-refractivity contribution in [2.45, 2.75) is 57.8 Å². The highest BCUT2D eigenvalue weighted by Gasteiger charge is 2.28. The molecule has 1 aromatic carbocycles. The van der Waals surface area contributed by atoms with Crippen LogP contribution in [0.2, 0.25) is 0 Å². The summed E-state index contributed by atoms with van der Waals surface area (Å²) in [6.07, 6.45) is 4.69. The third-order valence-electron chi connectivity index (χ3n) is 5.88. The predicted molar refractivity (Wildman–Crippen MR) is 123 cm³/mol.